The smallest absolute Gasteiger partial charge is 0.280 e. The molecule has 0 atom stereocenters. The zero-order valence-electron chi connectivity index (χ0n) is 10.8. The van der Waals surface area contributed by atoms with Crippen LogP contribution < -0.4 is 5.32 Å². The summed E-state index contributed by atoms with van der Waals surface area (Å²) in [6.07, 6.45) is 1.68. The van der Waals surface area contributed by atoms with Crippen LogP contribution in [0.3, 0.4) is 0 Å². The molecule has 6 heteroatoms. The van der Waals surface area contributed by atoms with Crippen LogP contribution in [0.2, 0.25) is 0 Å². The number of rotatable bonds is 3. The minimum Gasteiger partial charge on any atom is -0.350 e. The van der Waals surface area contributed by atoms with E-state index in [0.29, 0.717) is 22.9 Å². The molecule has 0 spiro atoms. The first kappa shape index (κ1) is 12.7. The summed E-state index contributed by atoms with van der Waals surface area (Å²) in [4.78, 5) is 24.9. The molecule has 2 heterocycles. The maximum absolute atomic E-state index is 11.7. The van der Waals surface area contributed by atoms with Gasteiger partial charge in [-0.1, -0.05) is 12.1 Å². The van der Waals surface area contributed by atoms with E-state index >= 15 is 0 Å². The molecule has 0 unspecified atom stereocenters. The molecule has 0 saturated heterocycles. The second kappa shape index (κ2) is 5.34. The van der Waals surface area contributed by atoms with Gasteiger partial charge >= 0.3 is 0 Å². The van der Waals surface area contributed by atoms with E-state index in [2.05, 4.69) is 20.3 Å². The zero-order chi connectivity index (χ0) is 13.9. The lowest BCUT2D eigenvalue weighted by Gasteiger charge is -1.99. The Morgan fingerprint density at radius 1 is 1.20 bits per heavy atom. The molecule has 1 amide bonds. The number of para-hydroxylation sites is 2. The van der Waals surface area contributed by atoms with Gasteiger partial charge in [-0.2, -0.15) is 0 Å². The quantitative estimate of drug-likeness (QED) is 0.802. The average molecular weight is 284 g/mol. The Labute approximate surface area is 119 Å². The number of nitrogens with zero attached hydrogens (tertiary/aromatic N) is 3. The van der Waals surface area contributed by atoms with Crippen LogP contribution in [0.4, 0.5) is 0 Å². The van der Waals surface area contributed by atoms with Gasteiger partial charge in [-0.3, -0.25) is 9.78 Å². The highest BCUT2D eigenvalue weighted by Crippen LogP contribution is 2.21. The van der Waals surface area contributed by atoms with Crippen LogP contribution in [0.25, 0.3) is 22.4 Å². The van der Waals surface area contributed by atoms with E-state index < -0.39 is 0 Å². The van der Waals surface area contributed by atoms with E-state index in [9.17, 15) is 4.79 Å². The van der Waals surface area contributed by atoms with Gasteiger partial charge in [0, 0.05) is 11.9 Å². The standard InChI is InChI=1S/C14H12N4OS/c1-2-15-13(19)14-18-12(8-20-14)11-7-16-9-5-3-4-6-10(9)17-11/h3-8H,2H2,1H3,(H,15,19). The van der Waals surface area contributed by atoms with Crippen molar-refractivity contribution in [2.24, 2.45) is 0 Å². The van der Waals surface area contributed by atoms with Crippen LogP contribution in [0.15, 0.2) is 35.8 Å². The predicted molar refractivity (Wildman–Crippen MR) is 78.7 cm³/mol. The van der Waals surface area contributed by atoms with Crippen molar-refractivity contribution in [1.82, 2.24) is 20.3 Å². The largest absolute Gasteiger partial charge is 0.350 e. The number of carbonyl (C=O) groups is 1. The molecule has 1 aromatic carbocycles. The number of aromatic nitrogens is 3. The maximum atomic E-state index is 11.7. The lowest BCUT2D eigenvalue weighted by molar-refractivity contribution is 0.0955. The summed E-state index contributed by atoms with van der Waals surface area (Å²) >= 11 is 1.31. The van der Waals surface area contributed by atoms with Gasteiger partial charge in [0.05, 0.1) is 17.2 Å². The molecule has 3 aromatic rings. The fourth-order valence-corrected chi connectivity index (χ4v) is 2.54. The molecule has 0 saturated carbocycles. The fourth-order valence-electron chi connectivity index (χ4n) is 1.81. The third-order valence-electron chi connectivity index (χ3n) is 2.75. The van der Waals surface area contributed by atoms with Gasteiger partial charge in [-0.25, -0.2) is 9.97 Å². The molecule has 100 valence electrons. The Hall–Kier alpha value is -2.34. The third-order valence-corrected chi connectivity index (χ3v) is 3.59. The van der Waals surface area contributed by atoms with Gasteiger partial charge in [0.15, 0.2) is 5.01 Å². The number of benzene rings is 1. The number of hydrogen-bond acceptors (Lipinski definition) is 5. The van der Waals surface area contributed by atoms with Crippen LogP contribution in [0.5, 0.6) is 0 Å². The summed E-state index contributed by atoms with van der Waals surface area (Å²) in [7, 11) is 0. The van der Waals surface area contributed by atoms with Gasteiger partial charge in [0.25, 0.3) is 5.91 Å². The van der Waals surface area contributed by atoms with E-state index in [-0.39, 0.29) is 5.91 Å². The normalized spacial score (nSPS) is 10.7. The number of hydrogen-bond donors (Lipinski definition) is 1. The molecular formula is C14H12N4OS. The second-order valence-corrected chi connectivity index (χ2v) is 5.00. The van der Waals surface area contributed by atoms with E-state index in [0.717, 1.165) is 11.0 Å². The first-order chi connectivity index (χ1) is 9.78. The first-order valence-electron chi connectivity index (χ1n) is 6.24. The Balaban J connectivity index is 1.96. The molecule has 0 fully saturated rings. The van der Waals surface area contributed by atoms with Crippen LogP contribution in [-0.2, 0) is 0 Å². The van der Waals surface area contributed by atoms with Crippen molar-refractivity contribution in [3.63, 3.8) is 0 Å². The topological polar surface area (TPSA) is 67.8 Å². The number of fused-ring (bicyclic) bond motifs is 1. The molecule has 1 N–H and O–H groups in total. The highest BCUT2D eigenvalue weighted by atomic mass is 32.1. The number of thiazole rings is 1. The Bertz CT molecular complexity index is 768. The predicted octanol–water partition coefficient (Wildman–Crippen LogP) is 2.50. The monoisotopic (exact) mass is 284 g/mol. The minimum atomic E-state index is -0.155. The van der Waals surface area contributed by atoms with Gasteiger partial charge in [-0.05, 0) is 19.1 Å². The van der Waals surface area contributed by atoms with Crippen molar-refractivity contribution in [3.05, 3.63) is 40.8 Å². The number of nitrogens with one attached hydrogen (secondary N) is 1. The second-order valence-electron chi connectivity index (χ2n) is 4.14. The molecular weight excluding hydrogens is 272 g/mol. The third kappa shape index (κ3) is 2.37. The lowest BCUT2D eigenvalue weighted by atomic mass is 10.3. The summed E-state index contributed by atoms with van der Waals surface area (Å²) in [5.74, 6) is -0.155. The zero-order valence-corrected chi connectivity index (χ0v) is 11.6. The summed E-state index contributed by atoms with van der Waals surface area (Å²) in [6, 6.07) is 7.66. The van der Waals surface area contributed by atoms with Crippen molar-refractivity contribution in [2.45, 2.75) is 6.92 Å². The Morgan fingerprint density at radius 2 is 2.00 bits per heavy atom. The van der Waals surface area contributed by atoms with Gasteiger partial charge in [0.1, 0.15) is 11.4 Å². The van der Waals surface area contributed by atoms with E-state index in [4.69, 9.17) is 0 Å². The molecule has 2 aromatic heterocycles. The molecule has 3 rings (SSSR count). The summed E-state index contributed by atoms with van der Waals surface area (Å²) in [6.45, 7) is 2.46. The van der Waals surface area contributed by atoms with Crippen molar-refractivity contribution in [3.8, 4) is 11.4 Å². The first-order valence-corrected chi connectivity index (χ1v) is 7.12. The molecule has 0 aliphatic rings. The fraction of sp³-hybridized carbons (Fsp3) is 0.143. The van der Waals surface area contributed by atoms with E-state index in [1.807, 2.05) is 36.6 Å². The highest BCUT2D eigenvalue weighted by Gasteiger charge is 2.12. The Kier molecular flexibility index (Phi) is 3.39. The molecule has 0 bridgehead atoms. The molecule has 0 aliphatic carbocycles. The van der Waals surface area contributed by atoms with Crippen molar-refractivity contribution in [2.75, 3.05) is 6.54 Å². The van der Waals surface area contributed by atoms with Gasteiger partial charge < -0.3 is 5.32 Å². The molecule has 0 radical (unpaired) electrons. The molecule has 5 nitrogen and oxygen atoms in total. The number of carbonyl (C=O) groups excluding carboxylic acids is 1. The van der Waals surface area contributed by atoms with Crippen LogP contribution in [-0.4, -0.2) is 27.4 Å². The number of amides is 1. The minimum absolute atomic E-state index is 0.155. The molecule has 20 heavy (non-hydrogen) atoms. The van der Waals surface area contributed by atoms with E-state index in [1.54, 1.807) is 6.20 Å². The SMILES string of the molecule is CCNC(=O)c1nc(-c2cnc3ccccc3n2)cs1. The van der Waals surface area contributed by atoms with Gasteiger partial charge in [-0.15, -0.1) is 11.3 Å². The van der Waals surface area contributed by atoms with Crippen molar-refractivity contribution < 1.29 is 4.79 Å². The average Bonchev–Trinajstić information content (AvgIpc) is 2.97. The van der Waals surface area contributed by atoms with E-state index in [1.165, 1.54) is 11.3 Å². The highest BCUT2D eigenvalue weighted by molar-refractivity contribution is 7.12. The Morgan fingerprint density at radius 3 is 2.80 bits per heavy atom. The van der Waals surface area contributed by atoms with Gasteiger partial charge in [0.2, 0.25) is 0 Å². The lowest BCUT2D eigenvalue weighted by Crippen LogP contribution is -2.22. The van der Waals surface area contributed by atoms with Crippen LogP contribution >= 0.6 is 11.3 Å². The summed E-state index contributed by atoms with van der Waals surface area (Å²) < 4.78 is 0. The van der Waals surface area contributed by atoms with Crippen molar-refractivity contribution >= 4 is 28.3 Å². The summed E-state index contributed by atoms with van der Waals surface area (Å²) in [5, 5.41) is 4.99. The summed E-state index contributed by atoms with van der Waals surface area (Å²) in [5.41, 5.74) is 3.01. The van der Waals surface area contributed by atoms with Crippen LogP contribution in [0, 0.1) is 0 Å². The maximum Gasteiger partial charge on any atom is 0.280 e. The van der Waals surface area contributed by atoms with Crippen LogP contribution in [0.1, 0.15) is 16.7 Å². The van der Waals surface area contributed by atoms with Crippen molar-refractivity contribution in [1.29, 1.82) is 0 Å². The molecule has 0 aliphatic heterocycles.